The number of carbonyl (C=O) groups excluding carboxylic acids is 1. The summed E-state index contributed by atoms with van der Waals surface area (Å²) in [5.41, 5.74) is 2.82. The third-order valence-corrected chi connectivity index (χ3v) is 6.18. The molecule has 2 aromatic heterocycles. The highest BCUT2D eigenvalue weighted by atomic mass is 32.1. The van der Waals surface area contributed by atoms with Gasteiger partial charge >= 0.3 is 0 Å². The molecule has 1 aliphatic heterocycles. The molecule has 1 aliphatic rings. The fraction of sp³-hybridized carbons (Fsp3) is 0.333. The fourth-order valence-corrected chi connectivity index (χ4v) is 4.46. The number of nitrogens with zero attached hydrogens (tertiary/aromatic N) is 3. The van der Waals surface area contributed by atoms with E-state index in [0.29, 0.717) is 36.8 Å². The molecule has 1 fully saturated rings. The minimum absolute atomic E-state index is 0.0227. The van der Waals surface area contributed by atoms with Crippen molar-refractivity contribution >= 4 is 28.9 Å². The van der Waals surface area contributed by atoms with Crippen molar-refractivity contribution in [2.24, 2.45) is 0 Å². The molecule has 150 valence electrons. The Bertz CT molecular complexity index is 1050. The highest BCUT2D eigenvalue weighted by molar-refractivity contribution is 7.15. The molecule has 29 heavy (non-hydrogen) atoms. The van der Waals surface area contributed by atoms with Crippen LogP contribution in [0.15, 0.2) is 36.7 Å². The van der Waals surface area contributed by atoms with E-state index in [4.69, 9.17) is 0 Å². The van der Waals surface area contributed by atoms with Gasteiger partial charge in [0.1, 0.15) is 10.6 Å². The Morgan fingerprint density at radius 3 is 2.90 bits per heavy atom. The number of carbonyl (C=O) groups is 1. The molecule has 0 saturated carbocycles. The highest BCUT2D eigenvalue weighted by Crippen LogP contribution is 2.38. The number of anilines is 2. The number of amides is 1. The number of hydrogen-bond acceptors (Lipinski definition) is 7. The first-order valence-corrected chi connectivity index (χ1v) is 10.4. The lowest BCUT2D eigenvalue weighted by atomic mass is 9.96. The molecular formula is C21H23N5O2S. The second-order valence-electron chi connectivity index (χ2n) is 7.40. The molecule has 3 heterocycles. The third kappa shape index (κ3) is 4.44. The summed E-state index contributed by atoms with van der Waals surface area (Å²) < 4.78 is 0. The van der Waals surface area contributed by atoms with Crippen LogP contribution in [-0.2, 0) is 10.4 Å². The van der Waals surface area contributed by atoms with Crippen LogP contribution >= 0.6 is 11.3 Å². The van der Waals surface area contributed by atoms with Gasteiger partial charge in [-0.05, 0) is 49.6 Å². The summed E-state index contributed by atoms with van der Waals surface area (Å²) in [5.74, 6) is 0.530. The van der Waals surface area contributed by atoms with Crippen LogP contribution in [0.3, 0.4) is 0 Å². The zero-order valence-electron chi connectivity index (χ0n) is 16.4. The van der Waals surface area contributed by atoms with Gasteiger partial charge in [0.2, 0.25) is 11.9 Å². The van der Waals surface area contributed by atoms with E-state index < -0.39 is 5.60 Å². The summed E-state index contributed by atoms with van der Waals surface area (Å²) >= 11 is 1.47. The van der Waals surface area contributed by atoms with E-state index in [1.165, 1.54) is 11.3 Å². The smallest absolute Gasteiger partial charge is 0.227 e. The summed E-state index contributed by atoms with van der Waals surface area (Å²) in [4.78, 5) is 25.7. The maximum absolute atomic E-state index is 11.6. The van der Waals surface area contributed by atoms with Crippen molar-refractivity contribution < 1.29 is 9.90 Å². The Labute approximate surface area is 173 Å². The molecule has 4 rings (SSSR count). The lowest BCUT2D eigenvalue weighted by Gasteiger charge is -2.22. The monoisotopic (exact) mass is 409 g/mol. The third-order valence-electron chi connectivity index (χ3n) is 4.94. The molecule has 7 nitrogen and oxygen atoms in total. The largest absolute Gasteiger partial charge is 0.383 e. The molecule has 1 saturated heterocycles. The number of aliphatic hydroxyl groups is 1. The van der Waals surface area contributed by atoms with Crippen molar-refractivity contribution in [1.82, 2.24) is 20.3 Å². The number of benzene rings is 1. The summed E-state index contributed by atoms with van der Waals surface area (Å²) in [6, 6.07) is 8.00. The molecule has 8 heteroatoms. The van der Waals surface area contributed by atoms with Crippen LogP contribution in [0.2, 0.25) is 0 Å². The van der Waals surface area contributed by atoms with Gasteiger partial charge in [-0.15, -0.1) is 11.3 Å². The second-order valence-corrected chi connectivity index (χ2v) is 8.43. The van der Waals surface area contributed by atoms with Gasteiger partial charge in [-0.2, -0.15) is 0 Å². The predicted octanol–water partition coefficient (Wildman–Crippen LogP) is 3.45. The molecule has 1 amide bonds. The number of aryl methyl sites for hydroxylation is 2. The zero-order chi connectivity index (χ0) is 20.4. The van der Waals surface area contributed by atoms with Crippen LogP contribution in [0.5, 0.6) is 0 Å². The van der Waals surface area contributed by atoms with Gasteiger partial charge in [-0.1, -0.05) is 6.07 Å². The average Bonchev–Trinajstić information content (AvgIpc) is 3.10. The van der Waals surface area contributed by atoms with Crippen LogP contribution < -0.4 is 10.6 Å². The predicted molar refractivity (Wildman–Crippen MR) is 113 cm³/mol. The number of thiazole rings is 1. The van der Waals surface area contributed by atoms with E-state index >= 15 is 0 Å². The minimum Gasteiger partial charge on any atom is -0.383 e. The number of rotatable bonds is 4. The lowest BCUT2D eigenvalue weighted by Crippen LogP contribution is -2.27. The Balaban J connectivity index is 1.60. The van der Waals surface area contributed by atoms with Crippen molar-refractivity contribution in [2.45, 2.75) is 38.7 Å². The first kappa shape index (κ1) is 19.5. The van der Waals surface area contributed by atoms with Crippen LogP contribution in [-0.4, -0.2) is 32.5 Å². The quantitative estimate of drug-likeness (QED) is 0.610. The van der Waals surface area contributed by atoms with E-state index in [-0.39, 0.29) is 5.91 Å². The van der Waals surface area contributed by atoms with Gasteiger partial charge in [-0.3, -0.25) is 4.79 Å². The number of hydrogen-bond donors (Lipinski definition) is 3. The zero-order valence-corrected chi connectivity index (χ0v) is 17.2. The molecule has 1 atom stereocenters. The maximum Gasteiger partial charge on any atom is 0.227 e. The van der Waals surface area contributed by atoms with Gasteiger partial charge in [0.05, 0.1) is 4.88 Å². The first-order chi connectivity index (χ1) is 13.9. The Kier molecular flexibility index (Phi) is 5.29. The van der Waals surface area contributed by atoms with Crippen LogP contribution in [0.1, 0.15) is 35.5 Å². The molecule has 3 aromatic rings. The number of aromatic nitrogens is 3. The highest BCUT2D eigenvalue weighted by Gasteiger charge is 2.35. The van der Waals surface area contributed by atoms with E-state index in [1.807, 2.05) is 32.0 Å². The van der Waals surface area contributed by atoms with E-state index in [1.54, 1.807) is 12.4 Å². The van der Waals surface area contributed by atoms with Crippen LogP contribution in [0, 0.1) is 13.8 Å². The Morgan fingerprint density at radius 2 is 2.07 bits per heavy atom. The molecule has 1 unspecified atom stereocenters. The SMILES string of the molecule is Cc1cc(Nc2nccc(C)n2)cc(-c2cnc(C3(O)CCNC(=O)CC3)s2)c1. The minimum atomic E-state index is -1.07. The molecule has 1 aromatic carbocycles. The topological polar surface area (TPSA) is 100 Å². The van der Waals surface area contributed by atoms with Crippen molar-refractivity contribution in [3.63, 3.8) is 0 Å². The van der Waals surface area contributed by atoms with Crippen molar-refractivity contribution in [2.75, 3.05) is 11.9 Å². The second kappa shape index (κ2) is 7.88. The molecule has 0 bridgehead atoms. The van der Waals surface area contributed by atoms with Crippen molar-refractivity contribution in [3.05, 3.63) is 52.9 Å². The molecule has 0 aliphatic carbocycles. The van der Waals surface area contributed by atoms with E-state index in [2.05, 4.69) is 31.7 Å². The lowest BCUT2D eigenvalue weighted by molar-refractivity contribution is -0.121. The maximum atomic E-state index is 11.6. The fourth-order valence-electron chi connectivity index (χ4n) is 3.41. The summed E-state index contributed by atoms with van der Waals surface area (Å²) in [6.07, 6.45) is 4.68. The molecule has 3 N–H and O–H groups in total. The molecular weight excluding hydrogens is 386 g/mol. The Morgan fingerprint density at radius 1 is 1.21 bits per heavy atom. The Hall–Kier alpha value is -2.84. The average molecular weight is 410 g/mol. The van der Waals surface area contributed by atoms with Crippen molar-refractivity contribution in [1.29, 1.82) is 0 Å². The van der Waals surface area contributed by atoms with Crippen LogP contribution in [0.25, 0.3) is 10.4 Å². The standard InChI is InChI=1S/C21H23N5O2S/c1-13-9-15(11-16(10-13)26-20-23-7-4-14(2)25-20)17-12-24-19(29-17)21(28)5-3-18(27)22-8-6-21/h4,7,9-12,28H,3,5-6,8H2,1-2H3,(H,22,27)(H,23,25,26). The summed E-state index contributed by atoms with van der Waals surface area (Å²) in [7, 11) is 0. The normalized spacial score (nSPS) is 19.5. The van der Waals surface area contributed by atoms with E-state index in [9.17, 15) is 9.90 Å². The van der Waals surface area contributed by atoms with Gasteiger partial charge in [-0.25, -0.2) is 15.0 Å². The van der Waals surface area contributed by atoms with Crippen LogP contribution in [0.4, 0.5) is 11.6 Å². The first-order valence-electron chi connectivity index (χ1n) is 9.55. The summed E-state index contributed by atoms with van der Waals surface area (Å²) in [5, 5.41) is 17.8. The van der Waals surface area contributed by atoms with Gasteiger partial charge in [0.25, 0.3) is 0 Å². The summed E-state index contributed by atoms with van der Waals surface area (Å²) in [6.45, 7) is 4.41. The number of nitrogens with one attached hydrogen (secondary N) is 2. The van der Waals surface area contributed by atoms with Crippen molar-refractivity contribution in [3.8, 4) is 10.4 Å². The van der Waals surface area contributed by atoms with Gasteiger partial charge < -0.3 is 15.7 Å². The van der Waals surface area contributed by atoms with Gasteiger partial charge in [0.15, 0.2) is 0 Å². The van der Waals surface area contributed by atoms with E-state index in [0.717, 1.165) is 27.4 Å². The molecule has 0 spiro atoms. The molecule has 0 radical (unpaired) electrons. The van der Waals surface area contributed by atoms with Gasteiger partial charge in [0, 0.05) is 43.2 Å².